The number of ether oxygens (including phenoxy) is 2. The van der Waals surface area contributed by atoms with E-state index in [1.54, 1.807) is 19.2 Å². The summed E-state index contributed by atoms with van der Waals surface area (Å²) in [6, 6.07) is 7.25. The molecule has 1 amide bonds. The molecule has 0 atom stereocenters. The number of para-hydroxylation sites is 2. The summed E-state index contributed by atoms with van der Waals surface area (Å²) >= 11 is 0. The number of rotatable bonds is 5. The third kappa shape index (κ3) is 3.13. The van der Waals surface area contributed by atoms with Crippen molar-refractivity contribution in [1.82, 2.24) is 5.32 Å². The van der Waals surface area contributed by atoms with Gasteiger partial charge in [0.1, 0.15) is 0 Å². The van der Waals surface area contributed by atoms with E-state index in [-0.39, 0.29) is 24.7 Å². The van der Waals surface area contributed by atoms with Crippen molar-refractivity contribution >= 4 is 5.91 Å². The molecule has 1 fully saturated rings. The van der Waals surface area contributed by atoms with Gasteiger partial charge in [-0.2, -0.15) is 0 Å². The molecule has 0 unspecified atom stereocenters. The molecule has 1 aliphatic carbocycles. The maximum absolute atomic E-state index is 11.6. The number of hydrogen-bond acceptors (Lipinski definition) is 4. The van der Waals surface area contributed by atoms with E-state index in [0.717, 1.165) is 0 Å². The van der Waals surface area contributed by atoms with Crippen LogP contribution in [0.25, 0.3) is 0 Å². The number of methoxy groups -OCH3 is 1. The molecule has 2 rings (SSSR count). The van der Waals surface area contributed by atoms with Gasteiger partial charge in [0.05, 0.1) is 13.2 Å². The van der Waals surface area contributed by atoms with E-state index >= 15 is 0 Å². The zero-order valence-corrected chi connectivity index (χ0v) is 10.3. The van der Waals surface area contributed by atoms with Crippen molar-refractivity contribution in [3.05, 3.63) is 24.3 Å². The summed E-state index contributed by atoms with van der Waals surface area (Å²) in [7, 11) is 1.55. The molecule has 0 aromatic heterocycles. The van der Waals surface area contributed by atoms with Gasteiger partial charge in [-0.3, -0.25) is 4.79 Å². The summed E-state index contributed by atoms with van der Waals surface area (Å²) in [4.78, 5) is 11.6. The second-order valence-corrected chi connectivity index (χ2v) is 4.33. The van der Waals surface area contributed by atoms with Crippen LogP contribution < -0.4 is 14.8 Å². The lowest BCUT2D eigenvalue weighted by molar-refractivity contribution is -0.125. The number of aliphatic hydroxyl groups is 1. The van der Waals surface area contributed by atoms with Crippen molar-refractivity contribution in [2.24, 2.45) is 0 Å². The predicted molar refractivity (Wildman–Crippen MR) is 65.7 cm³/mol. The lowest BCUT2D eigenvalue weighted by atomic mass is 9.89. The first-order valence-corrected chi connectivity index (χ1v) is 5.92. The van der Waals surface area contributed by atoms with Crippen molar-refractivity contribution in [1.29, 1.82) is 0 Å². The van der Waals surface area contributed by atoms with E-state index in [2.05, 4.69) is 5.32 Å². The van der Waals surface area contributed by atoms with Crippen LogP contribution in [0.4, 0.5) is 0 Å². The molecule has 5 heteroatoms. The Hall–Kier alpha value is -1.75. The molecule has 0 saturated heterocycles. The van der Waals surface area contributed by atoms with Gasteiger partial charge in [-0.1, -0.05) is 12.1 Å². The van der Waals surface area contributed by atoms with E-state index in [1.165, 1.54) is 0 Å². The molecule has 2 N–H and O–H groups in total. The summed E-state index contributed by atoms with van der Waals surface area (Å²) in [5.74, 6) is 0.964. The van der Waals surface area contributed by atoms with Gasteiger partial charge in [-0.05, 0) is 25.0 Å². The quantitative estimate of drug-likeness (QED) is 0.809. The van der Waals surface area contributed by atoms with E-state index < -0.39 is 0 Å². The fraction of sp³-hybridized carbons (Fsp3) is 0.462. The van der Waals surface area contributed by atoms with Crippen LogP contribution in [0.3, 0.4) is 0 Å². The third-order valence-electron chi connectivity index (χ3n) is 2.91. The first-order valence-electron chi connectivity index (χ1n) is 5.92. The van der Waals surface area contributed by atoms with Gasteiger partial charge in [0.2, 0.25) is 0 Å². The Kier molecular flexibility index (Phi) is 4.04. The van der Waals surface area contributed by atoms with Crippen molar-refractivity contribution in [2.45, 2.75) is 25.0 Å². The Balaban J connectivity index is 1.78. The van der Waals surface area contributed by atoms with Gasteiger partial charge in [0.15, 0.2) is 18.1 Å². The van der Waals surface area contributed by atoms with E-state index in [4.69, 9.17) is 14.6 Å². The molecule has 0 radical (unpaired) electrons. The van der Waals surface area contributed by atoms with Crippen LogP contribution in [0.5, 0.6) is 11.5 Å². The number of nitrogens with one attached hydrogen (secondary N) is 1. The molecule has 5 nitrogen and oxygen atoms in total. The van der Waals surface area contributed by atoms with Gasteiger partial charge < -0.3 is 19.9 Å². The Morgan fingerprint density at radius 3 is 2.67 bits per heavy atom. The van der Waals surface area contributed by atoms with Gasteiger partial charge >= 0.3 is 0 Å². The van der Waals surface area contributed by atoms with Crippen LogP contribution in [0, 0.1) is 0 Å². The second kappa shape index (κ2) is 5.73. The number of amides is 1. The molecule has 0 aliphatic heterocycles. The summed E-state index contributed by atoms with van der Waals surface area (Å²) in [6.45, 7) is -0.0486. The van der Waals surface area contributed by atoms with Crippen molar-refractivity contribution < 1.29 is 19.4 Å². The molecular formula is C13H17NO4. The molecule has 0 bridgehead atoms. The summed E-state index contributed by atoms with van der Waals surface area (Å²) in [5, 5.41) is 11.9. The van der Waals surface area contributed by atoms with Gasteiger partial charge in [0.25, 0.3) is 5.91 Å². The molecule has 1 aromatic carbocycles. The highest BCUT2D eigenvalue weighted by Crippen LogP contribution is 2.25. The van der Waals surface area contributed by atoms with Crippen LogP contribution in [0.1, 0.15) is 12.8 Å². The maximum Gasteiger partial charge on any atom is 0.258 e. The van der Waals surface area contributed by atoms with E-state index in [9.17, 15) is 4.79 Å². The Morgan fingerprint density at radius 2 is 2.06 bits per heavy atom. The summed E-state index contributed by atoms with van der Waals surface area (Å²) in [5.41, 5.74) is 0. The van der Waals surface area contributed by atoms with E-state index in [1.807, 2.05) is 12.1 Å². The highest BCUT2D eigenvalue weighted by atomic mass is 16.5. The van der Waals surface area contributed by atoms with Crippen LogP contribution in [-0.2, 0) is 4.79 Å². The fourth-order valence-corrected chi connectivity index (χ4v) is 1.86. The normalized spacial score (nSPS) is 21.9. The first-order chi connectivity index (χ1) is 8.69. The second-order valence-electron chi connectivity index (χ2n) is 4.33. The number of hydrogen-bond donors (Lipinski definition) is 2. The highest BCUT2D eigenvalue weighted by Gasteiger charge is 2.28. The molecule has 0 spiro atoms. The van der Waals surface area contributed by atoms with Gasteiger partial charge in [-0.15, -0.1) is 0 Å². The Bertz CT molecular complexity index is 415. The van der Waals surface area contributed by atoms with Crippen molar-refractivity contribution in [3.63, 3.8) is 0 Å². The number of carbonyl (C=O) groups excluding carboxylic acids is 1. The zero-order valence-electron chi connectivity index (χ0n) is 10.3. The lowest BCUT2D eigenvalue weighted by Crippen LogP contribution is -2.48. The van der Waals surface area contributed by atoms with Crippen molar-refractivity contribution in [3.8, 4) is 11.5 Å². The average molecular weight is 251 g/mol. The fourth-order valence-electron chi connectivity index (χ4n) is 1.86. The molecule has 1 aliphatic rings. The summed E-state index contributed by atoms with van der Waals surface area (Å²) in [6.07, 6.45) is 0.978. The number of carbonyl (C=O) groups is 1. The molecule has 18 heavy (non-hydrogen) atoms. The largest absolute Gasteiger partial charge is 0.493 e. The first kappa shape index (κ1) is 12.7. The molecular weight excluding hydrogens is 234 g/mol. The number of aliphatic hydroxyl groups excluding tert-OH is 1. The predicted octanol–water partition coefficient (Wildman–Crippen LogP) is 0.713. The minimum Gasteiger partial charge on any atom is -0.493 e. The molecule has 1 aromatic rings. The zero-order chi connectivity index (χ0) is 13.0. The van der Waals surface area contributed by atoms with E-state index in [0.29, 0.717) is 24.3 Å². The SMILES string of the molecule is COc1ccccc1OCC(=O)NC1CC(O)C1. The van der Waals surface area contributed by atoms with Crippen LogP contribution in [0.15, 0.2) is 24.3 Å². The standard InChI is InChI=1S/C13H17NO4/c1-17-11-4-2-3-5-12(11)18-8-13(16)14-9-6-10(15)7-9/h2-5,9-10,15H,6-8H2,1H3,(H,14,16). The minimum absolute atomic E-state index is 0.0486. The maximum atomic E-state index is 11.6. The Labute approximate surface area is 106 Å². The van der Waals surface area contributed by atoms with Crippen LogP contribution in [-0.4, -0.2) is 36.9 Å². The number of benzene rings is 1. The van der Waals surface area contributed by atoms with Crippen LogP contribution in [0.2, 0.25) is 0 Å². The molecule has 1 saturated carbocycles. The minimum atomic E-state index is -0.273. The van der Waals surface area contributed by atoms with Crippen LogP contribution >= 0.6 is 0 Å². The average Bonchev–Trinajstić information content (AvgIpc) is 2.35. The Morgan fingerprint density at radius 1 is 1.39 bits per heavy atom. The molecule has 98 valence electrons. The highest BCUT2D eigenvalue weighted by molar-refractivity contribution is 5.78. The van der Waals surface area contributed by atoms with Gasteiger partial charge in [0, 0.05) is 6.04 Å². The summed E-state index contributed by atoms with van der Waals surface area (Å²) < 4.78 is 10.5. The van der Waals surface area contributed by atoms with Crippen molar-refractivity contribution in [2.75, 3.05) is 13.7 Å². The monoisotopic (exact) mass is 251 g/mol. The topological polar surface area (TPSA) is 67.8 Å². The molecule has 0 heterocycles. The smallest absolute Gasteiger partial charge is 0.258 e. The third-order valence-corrected chi connectivity index (χ3v) is 2.91. The van der Waals surface area contributed by atoms with Gasteiger partial charge in [-0.25, -0.2) is 0 Å². The lowest BCUT2D eigenvalue weighted by Gasteiger charge is -2.31.